The average molecular weight is 340 g/mol. The van der Waals surface area contributed by atoms with Gasteiger partial charge < -0.3 is 38.6 Å². The van der Waals surface area contributed by atoms with Gasteiger partial charge in [-0.05, 0) is 0 Å². The van der Waals surface area contributed by atoms with E-state index in [1.54, 1.807) is 7.11 Å². The molecule has 0 spiro atoms. The highest BCUT2D eigenvalue weighted by Gasteiger charge is 2.10. The molecule has 0 heterocycles. The number of aliphatic hydroxyl groups excluding tert-OH is 2. The molecule has 0 amide bonds. The summed E-state index contributed by atoms with van der Waals surface area (Å²) in [6.45, 7) is 2.57. The summed E-state index contributed by atoms with van der Waals surface area (Å²) in [6, 6.07) is 0. The molecule has 0 rings (SSSR count). The van der Waals surface area contributed by atoms with E-state index in [0.717, 1.165) is 0 Å². The summed E-state index contributed by atoms with van der Waals surface area (Å²) >= 11 is 0. The minimum absolute atomic E-state index is 0.0574. The maximum atomic E-state index is 11.2. The van der Waals surface area contributed by atoms with Gasteiger partial charge in [-0.1, -0.05) is 0 Å². The summed E-state index contributed by atoms with van der Waals surface area (Å²) in [5.41, 5.74) is 0. The zero-order valence-corrected chi connectivity index (χ0v) is 13.6. The lowest BCUT2D eigenvalue weighted by Gasteiger charge is -2.11. The van der Waals surface area contributed by atoms with E-state index in [0.29, 0.717) is 39.6 Å². The fourth-order valence-corrected chi connectivity index (χ4v) is 1.26. The SMILES string of the molecule is COCCOCCOCCOCCOC(=O)OCC(CO)CO. The fraction of sp³-hybridized carbons (Fsp3) is 0.929. The van der Waals surface area contributed by atoms with Crippen LogP contribution >= 0.6 is 0 Å². The second-order valence-corrected chi connectivity index (χ2v) is 4.47. The molecule has 9 heteroatoms. The first kappa shape index (κ1) is 22.0. The lowest BCUT2D eigenvalue weighted by molar-refractivity contribution is -0.0123. The highest BCUT2D eigenvalue weighted by atomic mass is 16.7. The third-order valence-electron chi connectivity index (χ3n) is 2.58. The molecule has 138 valence electrons. The van der Waals surface area contributed by atoms with E-state index >= 15 is 0 Å². The van der Waals surface area contributed by atoms with Gasteiger partial charge in [-0.15, -0.1) is 0 Å². The Bertz CT molecular complexity index is 259. The van der Waals surface area contributed by atoms with E-state index in [2.05, 4.69) is 0 Å². The first-order chi connectivity index (χ1) is 11.2. The van der Waals surface area contributed by atoms with Crippen LogP contribution in [0.5, 0.6) is 0 Å². The summed E-state index contributed by atoms with van der Waals surface area (Å²) in [7, 11) is 1.61. The second kappa shape index (κ2) is 17.4. The number of ether oxygens (including phenoxy) is 6. The van der Waals surface area contributed by atoms with Gasteiger partial charge in [-0.2, -0.15) is 0 Å². The summed E-state index contributed by atoms with van der Waals surface area (Å²) in [5.74, 6) is -0.491. The van der Waals surface area contributed by atoms with E-state index in [9.17, 15) is 4.79 Å². The topological polar surface area (TPSA) is 113 Å². The molecular weight excluding hydrogens is 312 g/mol. The van der Waals surface area contributed by atoms with E-state index in [-0.39, 0.29) is 33.0 Å². The number of carbonyl (C=O) groups excluding carboxylic acids is 1. The molecule has 0 bridgehead atoms. The number of aliphatic hydroxyl groups is 2. The van der Waals surface area contributed by atoms with Gasteiger partial charge in [-0.3, -0.25) is 0 Å². The zero-order chi connectivity index (χ0) is 17.2. The Kier molecular flexibility index (Phi) is 16.7. The standard InChI is InChI=1S/C14H28O9/c1-18-2-3-19-4-5-20-6-7-21-8-9-22-14(17)23-12-13(10-15)11-16/h13,15-16H,2-12H2,1H3. The van der Waals surface area contributed by atoms with Crippen LogP contribution in [0.15, 0.2) is 0 Å². The Labute approximate surface area is 136 Å². The minimum atomic E-state index is -0.857. The third kappa shape index (κ3) is 15.7. The Balaban J connectivity index is 3.22. The zero-order valence-electron chi connectivity index (χ0n) is 13.6. The van der Waals surface area contributed by atoms with Crippen LogP contribution in [0, 0.1) is 5.92 Å². The molecule has 0 aliphatic rings. The Hall–Kier alpha value is -0.970. The van der Waals surface area contributed by atoms with Crippen LogP contribution < -0.4 is 0 Å². The first-order valence-corrected chi connectivity index (χ1v) is 7.48. The van der Waals surface area contributed by atoms with Gasteiger partial charge in [0.05, 0.1) is 59.5 Å². The smallest absolute Gasteiger partial charge is 0.434 e. The first-order valence-electron chi connectivity index (χ1n) is 7.48. The van der Waals surface area contributed by atoms with Crippen LogP contribution in [-0.4, -0.2) is 96.2 Å². The largest absolute Gasteiger partial charge is 0.508 e. The van der Waals surface area contributed by atoms with Gasteiger partial charge in [0.2, 0.25) is 0 Å². The van der Waals surface area contributed by atoms with E-state index in [1.165, 1.54) is 0 Å². The van der Waals surface area contributed by atoms with Crippen LogP contribution in [0.4, 0.5) is 4.79 Å². The molecule has 0 unspecified atom stereocenters. The Morgan fingerprint density at radius 3 is 1.74 bits per heavy atom. The molecule has 0 aromatic carbocycles. The van der Waals surface area contributed by atoms with E-state index < -0.39 is 12.1 Å². The molecule has 0 radical (unpaired) electrons. The van der Waals surface area contributed by atoms with Crippen molar-refractivity contribution in [3.63, 3.8) is 0 Å². The van der Waals surface area contributed by atoms with Crippen molar-refractivity contribution < 1.29 is 43.4 Å². The normalized spacial score (nSPS) is 11.0. The van der Waals surface area contributed by atoms with Gasteiger partial charge >= 0.3 is 6.16 Å². The van der Waals surface area contributed by atoms with Crippen molar-refractivity contribution in [2.45, 2.75) is 0 Å². The summed E-state index contributed by atoms with van der Waals surface area (Å²) in [6.07, 6.45) is -0.857. The Morgan fingerprint density at radius 1 is 0.783 bits per heavy atom. The predicted octanol–water partition coefficient (Wildman–Crippen LogP) is -0.563. The average Bonchev–Trinajstić information content (AvgIpc) is 2.56. The number of hydrogen-bond donors (Lipinski definition) is 2. The van der Waals surface area contributed by atoms with Crippen molar-refractivity contribution >= 4 is 6.16 Å². The molecule has 0 aliphatic carbocycles. The lowest BCUT2D eigenvalue weighted by atomic mass is 10.2. The van der Waals surface area contributed by atoms with Gasteiger partial charge in [0.1, 0.15) is 13.2 Å². The Morgan fingerprint density at radius 2 is 1.26 bits per heavy atom. The van der Waals surface area contributed by atoms with Crippen molar-refractivity contribution in [3.8, 4) is 0 Å². The van der Waals surface area contributed by atoms with E-state index in [1.807, 2.05) is 0 Å². The van der Waals surface area contributed by atoms with Gasteiger partial charge in [0, 0.05) is 13.0 Å². The molecule has 0 aliphatic heterocycles. The van der Waals surface area contributed by atoms with Crippen molar-refractivity contribution in [1.82, 2.24) is 0 Å². The molecule has 0 saturated carbocycles. The molecule has 9 nitrogen and oxygen atoms in total. The number of rotatable bonds is 16. The molecule has 0 atom stereocenters. The molecule has 23 heavy (non-hydrogen) atoms. The molecule has 0 fully saturated rings. The minimum Gasteiger partial charge on any atom is -0.434 e. The van der Waals surface area contributed by atoms with Crippen molar-refractivity contribution in [1.29, 1.82) is 0 Å². The van der Waals surface area contributed by atoms with Crippen LogP contribution in [0.2, 0.25) is 0 Å². The van der Waals surface area contributed by atoms with Crippen LogP contribution in [0.1, 0.15) is 0 Å². The maximum absolute atomic E-state index is 11.2. The highest BCUT2D eigenvalue weighted by molar-refractivity contribution is 5.59. The number of carbonyl (C=O) groups is 1. The van der Waals surface area contributed by atoms with Gasteiger partial charge in [0.25, 0.3) is 0 Å². The monoisotopic (exact) mass is 340 g/mol. The highest BCUT2D eigenvalue weighted by Crippen LogP contribution is 1.96. The maximum Gasteiger partial charge on any atom is 0.508 e. The van der Waals surface area contributed by atoms with Gasteiger partial charge in [0.15, 0.2) is 0 Å². The summed E-state index contributed by atoms with van der Waals surface area (Å²) < 4.78 is 29.9. The predicted molar refractivity (Wildman–Crippen MR) is 79.3 cm³/mol. The fourth-order valence-electron chi connectivity index (χ4n) is 1.26. The molecule has 0 aromatic rings. The van der Waals surface area contributed by atoms with Crippen LogP contribution in [0.25, 0.3) is 0 Å². The van der Waals surface area contributed by atoms with Crippen molar-refractivity contribution in [3.05, 3.63) is 0 Å². The number of methoxy groups -OCH3 is 1. The van der Waals surface area contributed by atoms with E-state index in [4.69, 9.17) is 38.6 Å². The second-order valence-electron chi connectivity index (χ2n) is 4.47. The molecule has 0 aromatic heterocycles. The lowest BCUT2D eigenvalue weighted by Crippen LogP contribution is -2.21. The molecular formula is C14H28O9. The van der Waals surface area contributed by atoms with Crippen molar-refractivity contribution in [2.24, 2.45) is 5.92 Å². The van der Waals surface area contributed by atoms with Crippen molar-refractivity contribution in [2.75, 3.05) is 79.8 Å². The third-order valence-corrected chi connectivity index (χ3v) is 2.58. The van der Waals surface area contributed by atoms with Gasteiger partial charge in [-0.25, -0.2) is 4.79 Å². The number of hydrogen-bond acceptors (Lipinski definition) is 9. The van der Waals surface area contributed by atoms with Crippen LogP contribution in [0.3, 0.4) is 0 Å². The molecule has 2 N–H and O–H groups in total. The quantitative estimate of drug-likeness (QED) is 0.282. The summed E-state index contributed by atoms with van der Waals surface area (Å²) in [4.78, 5) is 11.2. The molecule has 0 saturated heterocycles. The van der Waals surface area contributed by atoms with Crippen LogP contribution in [-0.2, 0) is 28.4 Å². The summed E-state index contributed by atoms with van der Waals surface area (Å²) in [5, 5.41) is 17.6.